The summed E-state index contributed by atoms with van der Waals surface area (Å²) in [6.45, 7) is 8.34. The van der Waals surface area contributed by atoms with Gasteiger partial charge in [-0.1, -0.05) is 0 Å². The van der Waals surface area contributed by atoms with E-state index >= 15 is 0 Å². The molecule has 0 spiro atoms. The third-order valence-corrected chi connectivity index (χ3v) is 6.70. The van der Waals surface area contributed by atoms with Crippen molar-refractivity contribution < 1.29 is 14.3 Å². The van der Waals surface area contributed by atoms with Gasteiger partial charge in [-0.25, -0.2) is 4.79 Å². The molecule has 8 nitrogen and oxygen atoms in total. The highest BCUT2D eigenvalue weighted by molar-refractivity contribution is 7.20. The van der Waals surface area contributed by atoms with E-state index in [0.717, 1.165) is 36.1 Å². The third kappa shape index (κ3) is 4.67. The molecule has 1 atom stereocenters. The first-order chi connectivity index (χ1) is 14.7. The van der Waals surface area contributed by atoms with Crippen molar-refractivity contribution in [2.24, 2.45) is 4.99 Å². The van der Waals surface area contributed by atoms with Crippen molar-refractivity contribution in [1.29, 1.82) is 0 Å². The van der Waals surface area contributed by atoms with E-state index in [2.05, 4.69) is 4.99 Å². The van der Waals surface area contributed by atoms with E-state index in [0.29, 0.717) is 23.4 Å². The van der Waals surface area contributed by atoms with Gasteiger partial charge in [0.2, 0.25) is 0 Å². The zero-order chi connectivity index (χ0) is 22.3. The van der Waals surface area contributed by atoms with Crippen LogP contribution in [0.5, 0.6) is 0 Å². The van der Waals surface area contributed by atoms with Crippen molar-refractivity contribution in [3.63, 3.8) is 0 Å². The predicted octanol–water partition coefficient (Wildman–Crippen LogP) is 2.81. The van der Waals surface area contributed by atoms with E-state index in [1.807, 2.05) is 27.7 Å². The minimum Gasteiger partial charge on any atom is -0.459 e. The summed E-state index contributed by atoms with van der Waals surface area (Å²) in [5.41, 5.74) is -0.263. The first-order valence-corrected chi connectivity index (χ1v) is 11.6. The summed E-state index contributed by atoms with van der Waals surface area (Å²) < 4.78 is 14.2. The Morgan fingerprint density at radius 1 is 1.29 bits per heavy atom. The SMILES string of the molecule is Cc1c(C=NCC(=O)OC(C)(C)C)sc2c1c(=O)n(C1CC1)c(=O)n2C[C@@H]1CCCO1. The van der Waals surface area contributed by atoms with Crippen molar-refractivity contribution in [1.82, 2.24) is 9.13 Å². The second-order valence-corrected chi connectivity index (χ2v) is 10.3. The van der Waals surface area contributed by atoms with Gasteiger partial charge < -0.3 is 9.47 Å². The Hall–Kier alpha value is -2.26. The Balaban J connectivity index is 1.72. The van der Waals surface area contributed by atoms with Gasteiger partial charge in [0.05, 0.1) is 22.9 Å². The molecule has 3 heterocycles. The van der Waals surface area contributed by atoms with Gasteiger partial charge in [-0.3, -0.25) is 23.7 Å². The molecular weight excluding hydrogens is 418 g/mol. The second kappa shape index (κ2) is 8.35. The van der Waals surface area contributed by atoms with Gasteiger partial charge >= 0.3 is 11.7 Å². The van der Waals surface area contributed by atoms with Crippen LogP contribution in [0.3, 0.4) is 0 Å². The lowest BCUT2D eigenvalue weighted by atomic mass is 10.2. The minimum atomic E-state index is -0.563. The number of fused-ring (bicyclic) bond motifs is 1. The monoisotopic (exact) mass is 447 g/mol. The molecule has 4 rings (SSSR count). The number of ether oxygens (including phenoxy) is 2. The standard InChI is InChI=1S/C22H29N3O5S/c1-13-16(10-23-11-17(26)30-22(2,3)4)31-20-18(13)19(27)25(14-7-8-14)21(28)24(20)12-15-6-5-9-29-15/h10,14-15H,5-9,11-12H2,1-4H3/t15-/m0/s1. The summed E-state index contributed by atoms with van der Waals surface area (Å²) in [5, 5.41) is 0.563. The summed E-state index contributed by atoms with van der Waals surface area (Å²) >= 11 is 1.36. The van der Waals surface area contributed by atoms with Crippen LogP contribution in [0.4, 0.5) is 0 Å². The summed E-state index contributed by atoms with van der Waals surface area (Å²) in [5.74, 6) is -0.408. The predicted molar refractivity (Wildman–Crippen MR) is 121 cm³/mol. The average Bonchev–Trinajstić information content (AvgIpc) is 3.25. The molecule has 31 heavy (non-hydrogen) atoms. The van der Waals surface area contributed by atoms with Crippen LogP contribution < -0.4 is 11.2 Å². The quantitative estimate of drug-likeness (QED) is 0.502. The van der Waals surface area contributed by atoms with Crippen LogP contribution in [0, 0.1) is 6.92 Å². The average molecular weight is 448 g/mol. The summed E-state index contributed by atoms with van der Waals surface area (Å²) in [6.07, 6.45) is 5.19. The van der Waals surface area contributed by atoms with Crippen LogP contribution in [0.25, 0.3) is 10.2 Å². The number of carbonyl (C=O) groups is 1. The highest BCUT2D eigenvalue weighted by Gasteiger charge is 2.31. The molecule has 0 aromatic carbocycles. The van der Waals surface area contributed by atoms with Gasteiger partial charge in [0.1, 0.15) is 17.0 Å². The number of aliphatic imine (C=N–C) groups is 1. The van der Waals surface area contributed by atoms with Crippen LogP contribution in [0.1, 0.15) is 62.9 Å². The lowest BCUT2D eigenvalue weighted by molar-refractivity contribution is -0.152. The largest absolute Gasteiger partial charge is 0.459 e. The van der Waals surface area contributed by atoms with Crippen LogP contribution in [-0.4, -0.2) is 46.2 Å². The first-order valence-electron chi connectivity index (χ1n) is 10.8. The second-order valence-electron chi connectivity index (χ2n) is 9.26. The van der Waals surface area contributed by atoms with Gasteiger partial charge in [-0.15, -0.1) is 11.3 Å². The van der Waals surface area contributed by atoms with Crippen molar-refractivity contribution in [2.75, 3.05) is 13.2 Å². The fourth-order valence-corrected chi connectivity index (χ4v) is 5.09. The molecule has 1 aliphatic heterocycles. The maximum absolute atomic E-state index is 13.2. The van der Waals surface area contributed by atoms with Crippen molar-refractivity contribution in [2.45, 2.75) is 77.7 Å². The van der Waals surface area contributed by atoms with Crippen molar-refractivity contribution in [3.8, 4) is 0 Å². The highest BCUT2D eigenvalue weighted by Crippen LogP contribution is 2.34. The third-order valence-electron chi connectivity index (χ3n) is 5.45. The molecule has 9 heteroatoms. The number of hydrogen-bond donors (Lipinski definition) is 0. The van der Waals surface area contributed by atoms with E-state index in [1.54, 1.807) is 10.8 Å². The molecule has 1 saturated heterocycles. The van der Waals surface area contributed by atoms with Crippen molar-refractivity contribution in [3.05, 3.63) is 31.3 Å². The summed E-state index contributed by atoms with van der Waals surface area (Å²) in [6, 6.07) is -0.0104. The smallest absolute Gasteiger partial charge is 0.332 e. The van der Waals surface area contributed by atoms with Crippen molar-refractivity contribution >= 4 is 33.7 Å². The Morgan fingerprint density at radius 3 is 2.65 bits per heavy atom. The van der Waals surface area contributed by atoms with Gasteiger partial charge in [0.15, 0.2) is 0 Å². The molecule has 0 bridgehead atoms. The van der Waals surface area contributed by atoms with Gasteiger partial charge in [0.25, 0.3) is 5.56 Å². The van der Waals surface area contributed by atoms with Gasteiger partial charge in [0, 0.05) is 18.9 Å². The van der Waals surface area contributed by atoms with E-state index in [4.69, 9.17) is 9.47 Å². The highest BCUT2D eigenvalue weighted by atomic mass is 32.1. The lowest BCUT2D eigenvalue weighted by Crippen LogP contribution is -2.40. The molecule has 2 aromatic rings. The van der Waals surface area contributed by atoms with Crippen LogP contribution in [0.15, 0.2) is 14.6 Å². The molecule has 0 N–H and O–H groups in total. The Kier molecular flexibility index (Phi) is 5.91. The molecule has 1 saturated carbocycles. The molecule has 0 amide bonds. The molecular formula is C22H29N3O5S. The Morgan fingerprint density at radius 2 is 2.03 bits per heavy atom. The molecule has 2 aromatic heterocycles. The molecule has 0 radical (unpaired) electrons. The molecule has 2 aliphatic rings. The van der Waals surface area contributed by atoms with Gasteiger partial charge in [-0.2, -0.15) is 0 Å². The maximum Gasteiger partial charge on any atom is 0.332 e. The van der Waals surface area contributed by atoms with E-state index < -0.39 is 11.6 Å². The molecule has 168 valence electrons. The normalized spacial score (nSPS) is 19.5. The number of thiophene rings is 1. The number of aromatic nitrogens is 2. The lowest BCUT2D eigenvalue weighted by Gasteiger charge is -2.18. The number of rotatable bonds is 6. The minimum absolute atomic E-state index is 0.0104. The number of esters is 1. The van der Waals surface area contributed by atoms with E-state index in [9.17, 15) is 14.4 Å². The number of aryl methyl sites for hydroxylation is 1. The topological polar surface area (TPSA) is 91.9 Å². The summed E-state index contributed by atoms with van der Waals surface area (Å²) in [4.78, 5) is 44.0. The fourth-order valence-electron chi connectivity index (χ4n) is 3.89. The number of nitrogens with zero attached hydrogens (tertiary/aromatic N) is 3. The fraction of sp³-hybridized carbons (Fsp3) is 0.636. The van der Waals surface area contributed by atoms with Crippen LogP contribution in [0.2, 0.25) is 0 Å². The van der Waals surface area contributed by atoms with Crippen LogP contribution in [-0.2, 0) is 20.8 Å². The Bertz CT molecular complexity index is 1140. The number of carbonyl (C=O) groups excluding carboxylic acids is 1. The van der Waals surface area contributed by atoms with Crippen LogP contribution >= 0.6 is 11.3 Å². The molecule has 0 unspecified atom stereocenters. The molecule has 1 aliphatic carbocycles. The summed E-state index contributed by atoms with van der Waals surface area (Å²) in [7, 11) is 0. The van der Waals surface area contributed by atoms with Gasteiger partial charge in [-0.05, 0) is 58.9 Å². The van der Waals surface area contributed by atoms with E-state index in [1.165, 1.54) is 15.9 Å². The number of hydrogen-bond acceptors (Lipinski definition) is 7. The zero-order valence-electron chi connectivity index (χ0n) is 18.5. The zero-order valence-corrected chi connectivity index (χ0v) is 19.3. The first kappa shape index (κ1) is 22.0. The van der Waals surface area contributed by atoms with E-state index in [-0.39, 0.29) is 29.9 Å². The maximum atomic E-state index is 13.2. The molecule has 2 fully saturated rings. The Labute approximate surface area is 184 Å².